The van der Waals surface area contributed by atoms with Crippen molar-refractivity contribution in [2.24, 2.45) is 5.92 Å². The molecule has 4 rings (SSSR count). The van der Waals surface area contributed by atoms with Crippen LogP contribution in [0.4, 0.5) is 0 Å². The molecule has 2 aliphatic rings. The maximum atomic E-state index is 11.6. The van der Waals surface area contributed by atoms with E-state index < -0.39 is 11.2 Å². The van der Waals surface area contributed by atoms with Crippen molar-refractivity contribution in [3.63, 3.8) is 0 Å². The summed E-state index contributed by atoms with van der Waals surface area (Å²) in [5.74, 6) is 1.33. The van der Waals surface area contributed by atoms with E-state index in [0.717, 1.165) is 61.8 Å². The standard InChI is InChI=1S/C26H34O3/c1-18(10-9-13-19-11-5-4-6-12-19)20-16-23-21(17-22(20)27)26(28)15-8-7-14-24(26)25(2,3)29-23/h4-6,11-12,16-18,24,27-28H,7-10,13-15H2,1-3H3. The zero-order valence-corrected chi connectivity index (χ0v) is 17.9. The lowest BCUT2D eigenvalue weighted by Crippen LogP contribution is -2.55. The number of aryl methyl sites for hydroxylation is 1. The van der Waals surface area contributed by atoms with E-state index in [2.05, 4.69) is 45.0 Å². The zero-order chi connectivity index (χ0) is 20.6. The van der Waals surface area contributed by atoms with E-state index in [1.807, 2.05) is 12.1 Å². The summed E-state index contributed by atoms with van der Waals surface area (Å²) >= 11 is 0. The monoisotopic (exact) mass is 394 g/mol. The van der Waals surface area contributed by atoms with Crippen molar-refractivity contribution in [3.8, 4) is 11.5 Å². The number of rotatable bonds is 5. The molecule has 1 saturated carbocycles. The predicted octanol–water partition coefficient (Wildman–Crippen LogP) is 6.07. The van der Waals surface area contributed by atoms with E-state index in [-0.39, 0.29) is 17.6 Å². The molecule has 1 aliphatic carbocycles. The van der Waals surface area contributed by atoms with Gasteiger partial charge in [0.05, 0.1) is 5.60 Å². The SMILES string of the molecule is CC(CCCc1ccccc1)c1cc2c(cc1O)C1(O)CCCCC1C(C)(C)O2. The molecule has 2 aromatic carbocycles. The van der Waals surface area contributed by atoms with Gasteiger partial charge in [-0.15, -0.1) is 0 Å². The molecule has 0 aromatic heterocycles. The Balaban J connectivity index is 1.56. The summed E-state index contributed by atoms with van der Waals surface area (Å²) < 4.78 is 6.40. The van der Waals surface area contributed by atoms with Crippen LogP contribution in [0, 0.1) is 5.92 Å². The van der Waals surface area contributed by atoms with E-state index >= 15 is 0 Å². The van der Waals surface area contributed by atoms with Crippen LogP contribution in [0.15, 0.2) is 42.5 Å². The third-order valence-electron chi connectivity index (χ3n) is 7.16. The van der Waals surface area contributed by atoms with Crippen LogP contribution in [0.1, 0.15) is 81.9 Å². The highest BCUT2D eigenvalue weighted by Crippen LogP contribution is 2.55. The second kappa shape index (κ2) is 7.68. The second-order valence-electron chi connectivity index (χ2n) is 9.61. The minimum Gasteiger partial charge on any atom is -0.508 e. The van der Waals surface area contributed by atoms with Gasteiger partial charge in [-0.1, -0.05) is 50.1 Å². The van der Waals surface area contributed by atoms with Gasteiger partial charge in [-0.25, -0.2) is 0 Å². The Morgan fingerprint density at radius 2 is 1.90 bits per heavy atom. The molecular weight excluding hydrogens is 360 g/mol. The first kappa shape index (κ1) is 20.3. The number of hydrogen-bond donors (Lipinski definition) is 2. The first-order valence-corrected chi connectivity index (χ1v) is 11.1. The second-order valence-corrected chi connectivity index (χ2v) is 9.61. The van der Waals surface area contributed by atoms with Crippen molar-refractivity contribution in [3.05, 3.63) is 59.2 Å². The molecule has 0 radical (unpaired) electrons. The van der Waals surface area contributed by atoms with Crippen LogP contribution >= 0.6 is 0 Å². The Morgan fingerprint density at radius 1 is 1.14 bits per heavy atom. The Morgan fingerprint density at radius 3 is 2.66 bits per heavy atom. The molecule has 1 aliphatic heterocycles. The lowest BCUT2D eigenvalue weighted by molar-refractivity contribution is -0.146. The van der Waals surface area contributed by atoms with Gasteiger partial charge in [0.2, 0.25) is 0 Å². The summed E-state index contributed by atoms with van der Waals surface area (Å²) in [7, 11) is 0. The molecular formula is C26H34O3. The minimum absolute atomic E-state index is 0.0600. The molecule has 3 atom stereocenters. The average Bonchev–Trinajstić information content (AvgIpc) is 2.69. The summed E-state index contributed by atoms with van der Waals surface area (Å²) in [6, 6.07) is 14.3. The molecule has 0 saturated heterocycles. The minimum atomic E-state index is -0.901. The third-order valence-corrected chi connectivity index (χ3v) is 7.16. The molecule has 3 unspecified atom stereocenters. The molecule has 3 heteroatoms. The summed E-state index contributed by atoms with van der Waals surface area (Å²) in [6.07, 6.45) is 6.95. The molecule has 3 nitrogen and oxygen atoms in total. The number of aliphatic hydroxyl groups is 1. The van der Waals surface area contributed by atoms with Crippen molar-refractivity contribution in [2.45, 2.75) is 82.8 Å². The maximum absolute atomic E-state index is 11.6. The van der Waals surface area contributed by atoms with Gasteiger partial charge in [0.1, 0.15) is 17.1 Å². The van der Waals surface area contributed by atoms with Crippen LogP contribution in [-0.2, 0) is 12.0 Å². The quantitative estimate of drug-likeness (QED) is 0.647. The van der Waals surface area contributed by atoms with E-state index in [9.17, 15) is 10.2 Å². The highest BCUT2D eigenvalue weighted by atomic mass is 16.5. The zero-order valence-electron chi connectivity index (χ0n) is 17.9. The summed E-state index contributed by atoms with van der Waals surface area (Å²) in [5.41, 5.74) is 1.74. The normalized spacial score (nSPS) is 26.1. The van der Waals surface area contributed by atoms with E-state index in [1.165, 1.54) is 5.56 Å². The number of aromatic hydroxyl groups is 1. The van der Waals surface area contributed by atoms with E-state index in [1.54, 1.807) is 6.07 Å². The summed E-state index contributed by atoms with van der Waals surface area (Å²) in [4.78, 5) is 0. The molecule has 1 heterocycles. The molecule has 2 N–H and O–H groups in total. The Kier molecular flexibility index (Phi) is 5.37. The molecule has 1 fully saturated rings. The highest BCUT2D eigenvalue weighted by molar-refractivity contribution is 5.52. The predicted molar refractivity (Wildman–Crippen MR) is 116 cm³/mol. The molecule has 2 aromatic rings. The summed E-state index contributed by atoms with van der Waals surface area (Å²) in [6.45, 7) is 6.35. The smallest absolute Gasteiger partial charge is 0.126 e. The van der Waals surface area contributed by atoms with Crippen LogP contribution < -0.4 is 4.74 Å². The Labute approximate surface area is 174 Å². The highest BCUT2D eigenvalue weighted by Gasteiger charge is 2.54. The molecule has 0 amide bonds. The number of benzene rings is 2. The van der Waals surface area contributed by atoms with Gasteiger partial charge in [0, 0.05) is 17.0 Å². The average molecular weight is 395 g/mol. The summed E-state index contributed by atoms with van der Waals surface area (Å²) in [5, 5.41) is 22.4. The topological polar surface area (TPSA) is 49.7 Å². The first-order valence-electron chi connectivity index (χ1n) is 11.1. The number of hydrogen-bond acceptors (Lipinski definition) is 3. The van der Waals surface area contributed by atoms with Gasteiger partial charge in [-0.3, -0.25) is 0 Å². The van der Waals surface area contributed by atoms with Crippen molar-refractivity contribution in [1.82, 2.24) is 0 Å². The molecule has 0 bridgehead atoms. The van der Waals surface area contributed by atoms with E-state index in [0.29, 0.717) is 0 Å². The number of phenolic OH excluding ortho intramolecular Hbond substituents is 1. The van der Waals surface area contributed by atoms with Crippen molar-refractivity contribution >= 4 is 0 Å². The number of fused-ring (bicyclic) bond motifs is 3. The third kappa shape index (κ3) is 3.77. The first-order chi connectivity index (χ1) is 13.8. The van der Waals surface area contributed by atoms with Crippen LogP contribution in [0.2, 0.25) is 0 Å². The Hall–Kier alpha value is -2.00. The molecule has 0 spiro atoms. The van der Waals surface area contributed by atoms with Crippen LogP contribution in [0.25, 0.3) is 0 Å². The van der Waals surface area contributed by atoms with Crippen molar-refractivity contribution < 1.29 is 14.9 Å². The lowest BCUT2D eigenvalue weighted by Gasteiger charge is -2.52. The number of ether oxygens (including phenoxy) is 1. The van der Waals surface area contributed by atoms with Gasteiger partial charge < -0.3 is 14.9 Å². The van der Waals surface area contributed by atoms with Gasteiger partial charge >= 0.3 is 0 Å². The van der Waals surface area contributed by atoms with Gasteiger partial charge in [0.15, 0.2) is 0 Å². The fourth-order valence-corrected chi connectivity index (χ4v) is 5.57. The van der Waals surface area contributed by atoms with Gasteiger partial charge in [0.25, 0.3) is 0 Å². The fourth-order valence-electron chi connectivity index (χ4n) is 5.57. The Bertz CT molecular complexity index is 858. The number of phenols is 1. The van der Waals surface area contributed by atoms with Crippen molar-refractivity contribution in [2.75, 3.05) is 0 Å². The van der Waals surface area contributed by atoms with E-state index in [4.69, 9.17) is 4.74 Å². The fraction of sp³-hybridized carbons (Fsp3) is 0.538. The largest absolute Gasteiger partial charge is 0.508 e. The van der Waals surface area contributed by atoms with Gasteiger partial charge in [-0.2, -0.15) is 0 Å². The molecule has 156 valence electrons. The van der Waals surface area contributed by atoms with Crippen LogP contribution in [0.5, 0.6) is 11.5 Å². The lowest BCUT2D eigenvalue weighted by atomic mass is 9.63. The van der Waals surface area contributed by atoms with Crippen LogP contribution in [0.3, 0.4) is 0 Å². The molecule has 29 heavy (non-hydrogen) atoms. The van der Waals surface area contributed by atoms with Crippen LogP contribution in [-0.4, -0.2) is 15.8 Å². The maximum Gasteiger partial charge on any atom is 0.126 e. The van der Waals surface area contributed by atoms with Gasteiger partial charge in [-0.05, 0) is 69.6 Å². The van der Waals surface area contributed by atoms with Crippen molar-refractivity contribution in [1.29, 1.82) is 0 Å².